The van der Waals surface area contributed by atoms with E-state index in [4.69, 9.17) is 0 Å². The Morgan fingerprint density at radius 2 is 1.67 bits per heavy atom. The molecule has 0 spiro atoms. The molecule has 24 heavy (non-hydrogen) atoms. The van der Waals surface area contributed by atoms with Gasteiger partial charge in [-0.15, -0.1) is 0 Å². The molecule has 1 aliphatic rings. The Hall–Kier alpha value is -1.81. The monoisotopic (exact) mass is 330 g/mol. The molecule has 2 rings (SSSR count). The summed E-state index contributed by atoms with van der Waals surface area (Å²) in [6.07, 6.45) is -0.165. The van der Waals surface area contributed by atoms with Gasteiger partial charge in [0.05, 0.1) is 17.4 Å². The van der Waals surface area contributed by atoms with Crippen LogP contribution in [0.5, 0.6) is 0 Å². The molecule has 4 nitrogen and oxygen atoms in total. The van der Waals surface area contributed by atoms with Gasteiger partial charge in [0.2, 0.25) is 0 Å². The maximum Gasteiger partial charge on any atom is 0.146 e. The lowest BCUT2D eigenvalue weighted by Crippen LogP contribution is -2.53. The van der Waals surface area contributed by atoms with E-state index in [-0.39, 0.29) is 23.8 Å². The molecule has 1 fully saturated rings. The van der Waals surface area contributed by atoms with Gasteiger partial charge in [0.1, 0.15) is 17.3 Å². The number of benzene rings is 1. The maximum atomic E-state index is 12.5. The minimum atomic E-state index is -1.43. The highest BCUT2D eigenvalue weighted by molar-refractivity contribution is 6.05. The molecule has 130 valence electrons. The third-order valence-corrected chi connectivity index (χ3v) is 5.13. The van der Waals surface area contributed by atoms with Crippen molar-refractivity contribution in [3.8, 4) is 0 Å². The highest BCUT2D eigenvalue weighted by Crippen LogP contribution is 2.46. The van der Waals surface area contributed by atoms with Gasteiger partial charge in [-0.25, -0.2) is 0 Å². The van der Waals surface area contributed by atoms with Crippen LogP contribution in [0.3, 0.4) is 0 Å². The lowest BCUT2D eigenvalue weighted by molar-refractivity contribution is -0.151. The third-order valence-electron chi connectivity index (χ3n) is 5.13. The minimum Gasteiger partial charge on any atom is -0.389 e. The van der Waals surface area contributed by atoms with Gasteiger partial charge in [0.25, 0.3) is 0 Å². The fraction of sp³-hybridized carbons (Fsp3) is 0.550. The van der Waals surface area contributed by atoms with Gasteiger partial charge in [0.15, 0.2) is 0 Å². The zero-order chi connectivity index (χ0) is 18.2. The first kappa shape index (κ1) is 18.5. The van der Waals surface area contributed by atoms with Crippen molar-refractivity contribution in [1.82, 2.24) is 0 Å². The van der Waals surface area contributed by atoms with Crippen LogP contribution >= 0.6 is 0 Å². The number of Topliss-reactive ketones (excluding diaryl/α,β-unsaturated/α-hetero) is 3. The Morgan fingerprint density at radius 3 is 2.08 bits per heavy atom. The Labute approximate surface area is 143 Å². The molecule has 0 amide bonds. The molecular weight excluding hydrogens is 304 g/mol. The molecule has 0 bridgehead atoms. The summed E-state index contributed by atoms with van der Waals surface area (Å²) in [6, 6.07) is 7.67. The van der Waals surface area contributed by atoms with Gasteiger partial charge < -0.3 is 5.11 Å². The second kappa shape index (κ2) is 6.60. The summed E-state index contributed by atoms with van der Waals surface area (Å²) in [5.41, 5.74) is 0.468. The van der Waals surface area contributed by atoms with Crippen LogP contribution in [0.25, 0.3) is 0 Å². The normalized spacial score (nSPS) is 30.5. The fourth-order valence-corrected chi connectivity index (χ4v) is 4.01. The van der Waals surface area contributed by atoms with Crippen molar-refractivity contribution in [2.24, 2.45) is 11.8 Å². The average Bonchev–Trinajstić information content (AvgIpc) is 2.44. The van der Waals surface area contributed by atoms with E-state index < -0.39 is 23.4 Å². The van der Waals surface area contributed by atoms with Gasteiger partial charge in [0, 0.05) is 12.3 Å². The molecule has 1 aromatic rings. The van der Waals surface area contributed by atoms with Crippen LogP contribution in [-0.4, -0.2) is 28.1 Å². The van der Waals surface area contributed by atoms with Crippen LogP contribution in [0.4, 0.5) is 0 Å². The summed E-state index contributed by atoms with van der Waals surface area (Å²) in [5, 5.41) is 10.7. The number of rotatable bonds is 4. The quantitative estimate of drug-likeness (QED) is 0.861. The van der Waals surface area contributed by atoms with Crippen molar-refractivity contribution in [1.29, 1.82) is 0 Å². The number of carbonyl (C=O) groups is 3. The van der Waals surface area contributed by atoms with Gasteiger partial charge >= 0.3 is 0 Å². The molecule has 0 aromatic heterocycles. The van der Waals surface area contributed by atoms with Crippen molar-refractivity contribution in [3.05, 3.63) is 35.4 Å². The van der Waals surface area contributed by atoms with Crippen LogP contribution in [-0.2, 0) is 14.4 Å². The summed E-state index contributed by atoms with van der Waals surface area (Å²) >= 11 is 0. The molecule has 0 heterocycles. The lowest BCUT2D eigenvalue weighted by Gasteiger charge is -2.44. The Morgan fingerprint density at radius 1 is 1.12 bits per heavy atom. The summed E-state index contributed by atoms with van der Waals surface area (Å²) in [6.45, 7) is 8.49. The first-order valence-electron chi connectivity index (χ1n) is 8.42. The molecule has 4 atom stereocenters. The Balaban J connectivity index is 2.58. The van der Waals surface area contributed by atoms with Gasteiger partial charge in [-0.3, -0.25) is 14.4 Å². The summed E-state index contributed by atoms with van der Waals surface area (Å²) < 4.78 is 0. The van der Waals surface area contributed by atoms with E-state index in [1.54, 1.807) is 0 Å². The van der Waals surface area contributed by atoms with Crippen LogP contribution in [0.15, 0.2) is 24.3 Å². The number of hydrogen-bond acceptors (Lipinski definition) is 4. The van der Waals surface area contributed by atoms with E-state index in [1.807, 2.05) is 24.3 Å². The molecule has 4 heteroatoms. The fourth-order valence-electron chi connectivity index (χ4n) is 4.01. The Kier molecular flexibility index (Phi) is 5.09. The first-order chi connectivity index (χ1) is 11.1. The topological polar surface area (TPSA) is 71.4 Å². The van der Waals surface area contributed by atoms with Crippen LogP contribution in [0.1, 0.15) is 64.0 Å². The van der Waals surface area contributed by atoms with Gasteiger partial charge in [-0.1, -0.05) is 38.1 Å². The summed E-state index contributed by atoms with van der Waals surface area (Å²) in [4.78, 5) is 36.9. The van der Waals surface area contributed by atoms with Crippen molar-refractivity contribution in [3.63, 3.8) is 0 Å². The molecule has 0 aliphatic heterocycles. The summed E-state index contributed by atoms with van der Waals surface area (Å²) in [7, 11) is 0. The predicted octanol–water partition coefficient (Wildman–Crippen LogP) is 3.03. The highest BCUT2D eigenvalue weighted by atomic mass is 16.3. The maximum absolute atomic E-state index is 12.5. The first-order valence-corrected chi connectivity index (χ1v) is 8.42. The Bertz CT molecular complexity index is 655. The van der Waals surface area contributed by atoms with Crippen molar-refractivity contribution >= 4 is 17.3 Å². The number of ketones is 3. The zero-order valence-corrected chi connectivity index (χ0v) is 15.0. The van der Waals surface area contributed by atoms with E-state index in [2.05, 4.69) is 13.8 Å². The molecule has 0 unspecified atom stereocenters. The molecule has 1 aromatic carbocycles. The van der Waals surface area contributed by atoms with Crippen molar-refractivity contribution in [2.75, 3.05) is 0 Å². The highest BCUT2D eigenvalue weighted by Gasteiger charge is 2.53. The SMILES string of the molecule is CC(=O)[C@@H]1C(=O)C[C@@](C)(O)[C@H](C(C)=O)[C@@H]1c1ccc(C(C)C)cc1. The number of carbonyl (C=O) groups excluding carboxylic acids is 3. The number of hydrogen-bond donors (Lipinski definition) is 1. The van der Waals surface area contributed by atoms with E-state index in [9.17, 15) is 19.5 Å². The zero-order valence-electron chi connectivity index (χ0n) is 15.0. The van der Waals surface area contributed by atoms with E-state index in [0.29, 0.717) is 5.92 Å². The molecule has 0 saturated heterocycles. The van der Waals surface area contributed by atoms with E-state index >= 15 is 0 Å². The predicted molar refractivity (Wildman–Crippen MR) is 91.9 cm³/mol. The molecule has 1 saturated carbocycles. The van der Waals surface area contributed by atoms with Crippen LogP contribution in [0.2, 0.25) is 0 Å². The average molecular weight is 330 g/mol. The van der Waals surface area contributed by atoms with E-state index in [1.165, 1.54) is 20.8 Å². The second-order valence-corrected chi connectivity index (χ2v) is 7.52. The van der Waals surface area contributed by atoms with Gasteiger partial charge in [-0.05, 0) is 37.8 Å². The van der Waals surface area contributed by atoms with Crippen molar-refractivity contribution < 1.29 is 19.5 Å². The van der Waals surface area contributed by atoms with Gasteiger partial charge in [-0.2, -0.15) is 0 Å². The molecule has 1 N–H and O–H groups in total. The standard InChI is InChI=1S/C20H26O4/c1-11(2)14-6-8-15(9-7-14)18-17(12(3)21)16(23)10-20(5,24)19(18)13(4)22/h6-9,11,17-19,24H,10H2,1-5H3/t17-,18-,19-,20-/m1/s1. The minimum absolute atomic E-state index is 0.165. The molecular formula is C20H26O4. The molecule has 1 aliphatic carbocycles. The molecule has 0 radical (unpaired) electrons. The third kappa shape index (κ3) is 3.34. The van der Waals surface area contributed by atoms with Crippen LogP contribution in [0, 0.1) is 11.8 Å². The largest absolute Gasteiger partial charge is 0.389 e. The van der Waals surface area contributed by atoms with Crippen LogP contribution < -0.4 is 0 Å². The summed E-state index contributed by atoms with van der Waals surface area (Å²) in [5.74, 6) is -2.63. The second-order valence-electron chi connectivity index (χ2n) is 7.52. The lowest BCUT2D eigenvalue weighted by atomic mass is 9.60. The number of aliphatic hydroxyl groups is 1. The van der Waals surface area contributed by atoms with Crippen molar-refractivity contribution in [2.45, 2.75) is 58.5 Å². The smallest absolute Gasteiger partial charge is 0.146 e. The van der Waals surface area contributed by atoms with E-state index in [0.717, 1.165) is 11.1 Å².